The zero-order chi connectivity index (χ0) is 37.0. The molecule has 3 aromatic rings. The normalized spacial score (nSPS) is 16.2. The van der Waals surface area contributed by atoms with Gasteiger partial charge in [-0.3, -0.25) is 4.79 Å². The lowest BCUT2D eigenvalue weighted by Crippen LogP contribution is -2.59. The van der Waals surface area contributed by atoms with Gasteiger partial charge in [-0.25, -0.2) is 18.2 Å². The summed E-state index contributed by atoms with van der Waals surface area (Å²) in [5.74, 6) is -0.633. The number of methoxy groups -OCH3 is 1. The first-order valence-corrected chi connectivity index (χ1v) is 19.1. The molecule has 4 rings (SSSR count). The number of oxime groups is 1. The van der Waals surface area contributed by atoms with Crippen LogP contribution in [0.1, 0.15) is 54.4 Å². The Morgan fingerprint density at radius 1 is 1.10 bits per heavy atom. The third-order valence-electron chi connectivity index (χ3n) is 8.80. The maximum absolute atomic E-state index is 14.0. The fourth-order valence-electron chi connectivity index (χ4n) is 6.03. The number of hydrogen-bond acceptors (Lipinski definition) is 11. The van der Waals surface area contributed by atoms with Gasteiger partial charge in [0, 0.05) is 32.6 Å². The van der Waals surface area contributed by atoms with E-state index in [0.29, 0.717) is 17.9 Å². The number of sulfonamides is 1. The van der Waals surface area contributed by atoms with Crippen LogP contribution in [0.3, 0.4) is 0 Å². The molecule has 1 aromatic heterocycles. The molecule has 1 aliphatic carbocycles. The van der Waals surface area contributed by atoms with Crippen LogP contribution >= 0.6 is 11.3 Å². The average molecular weight is 745 g/mol. The fraction of sp³-hybridized carbons (Fsp3) is 0.486. The van der Waals surface area contributed by atoms with E-state index in [9.17, 15) is 28.2 Å². The summed E-state index contributed by atoms with van der Waals surface area (Å²) in [7, 11) is -0.988. The SMILES string of the molecule is COCc1nc(CN(C)C(=O)N[C@H](C(=O)N[C@@H](Cc2ccccc2)[C@H](O)CN(CC2CCCC2)S(=O)(=O)c2ccc(/C=N/O)cc2)[C@@H](C)O)cs1. The van der Waals surface area contributed by atoms with Gasteiger partial charge in [-0.1, -0.05) is 60.5 Å². The zero-order valence-corrected chi connectivity index (χ0v) is 30.7. The van der Waals surface area contributed by atoms with E-state index in [-0.39, 0.29) is 36.9 Å². The van der Waals surface area contributed by atoms with Gasteiger partial charge in [0.15, 0.2) is 0 Å². The number of aliphatic hydroxyl groups excluding tert-OH is 2. The molecule has 1 saturated carbocycles. The Bertz CT molecular complexity index is 1680. The Hall–Kier alpha value is -3.93. The number of aromatic nitrogens is 1. The Morgan fingerprint density at radius 2 is 1.78 bits per heavy atom. The van der Waals surface area contributed by atoms with Crippen LogP contribution in [0.4, 0.5) is 4.79 Å². The second-order valence-electron chi connectivity index (χ2n) is 12.8. The van der Waals surface area contributed by atoms with Crippen molar-refractivity contribution in [3.05, 3.63) is 81.8 Å². The molecule has 1 heterocycles. The topological polar surface area (TPSA) is 194 Å². The summed E-state index contributed by atoms with van der Waals surface area (Å²) in [6.07, 6.45) is 2.36. The molecule has 1 fully saturated rings. The third kappa shape index (κ3) is 11.5. The second kappa shape index (κ2) is 19.1. The number of carbonyl (C=O) groups excluding carboxylic acids is 2. The summed E-state index contributed by atoms with van der Waals surface area (Å²) in [6, 6.07) is 12.0. The summed E-state index contributed by atoms with van der Waals surface area (Å²) in [5, 5.41) is 42.2. The van der Waals surface area contributed by atoms with Gasteiger partial charge in [-0.2, -0.15) is 4.31 Å². The lowest BCUT2D eigenvalue weighted by atomic mass is 9.99. The van der Waals surface area contributed by atoms with Gasteiger partial charge in [-0.05, 0) is 55.4 Å². The van der Waals surface area contributed by atoms with Crippen LogP contribution in [0.15, 0.2) is 70.0 Å². The molecular weight excluding hydrogens is 697 g/mol. The third-order valence-corrected chi connectivity index (χ3v) is 11.5. The predicted octanol–water partition coefficient (Wildman–Crippen LogP) is 2.96. The van der Waals surface area contributed by atoms with Crippen LogP contribution in [0, 0.1) is 5.92 Å². The molecule has 0 radical (unpaired) electrons. The number of nitrogens with zero attached hydrogens (tertiary/aromatic N) is 4. The van der Waals surface area contributed by atoms with E-state index >= 15 is 0 Å². The minimum absolute atomic E-state index is 0.0139. The highest BCUT2D eigenvalue weighted by Crippen LogP contribution is 2.28. The highest BCUT2D eigenvalue weighted by molar-refractivity contribution is 7.89. The Labute approximate surface area is 303 Å². The molecule has 2 aromatic carbocycles. The molecule has 0 bridgehead atoms. The second-order valence-corrected chi connectivity index (χ2v) is 15.7. The number of thiazole rings is 1. The first kappa shape index (κ1) is 39.8. The van der Waals surface area contributed by atoms with Crippen molar-refractivity contribution in [3.63, 3.8) is 0 Å². The average Bonchev–Trinajstić information content (AvgIpc) is 3.79. The highest BCUT2D eigenvalue weighted by Gasteiger charge is 2.35. The van der Waals surface area contributed by atoms with E-state index in [1.165, 1.54) is 65.0 Å². The van der Waals surface area contributed by atoms with Crippen molar-refractivity contribution in [1.82, 2.24) is 24.8 Å². The first-order chi connectivity index (χ1) is 24.4. The lowest BCUT2D eigenvalue weighted by Gasteiger charge is -2.32. The number of nitrogens with one attached hydrogen (secondary N) is 2. The molecule has 0 aliphatic heterocycles. The summed E-state index contributed by atoms with van der Waals surface area (Å²) >= 11 is 1.40. The van der Waals surface area contributed by atoms with Gasteiger partial charge in [0.05, 0.1) is 48.2 Å². The molecule has 1 aliphatic rings. The summed E-state index contributed by atoms with van der Waals surface area (Å²) < 4.78 is 34.4. The minimum atomic E-state index is -4.09. The summed E-state index contributed by atoms with van der Waals surface area (Å²) in [6.45, 7) is 1.75. The number of aliphatic hydroxyl groups is 2. The monoisotopic (exact) mass is 744 g/mol. The Balaban J connectivity index is 1.54. The van der Waals surface area contributed by atoms with Crippen LogP contribution in [0.2, 0.25) is 0 Å². The van der Waals surface area contributed by atoms with E-state index in [4.69, 9.17) is 9.94 Å². The van der Waals surface area contributed by atoms with Crippen molar-refractivity contribution in [3.8, 4) is 0 Å². The molecule has 16 heteroatoms. The Kier molecular flexibility index (Phi) is 14.9. The van der Waals surface area contributed by atoms with Crippen molar-refractivity contribution >= 4 is 39.5 Å². The molecular formula is C35H48N6O8S2. The van der Waals surface area contributed by atoms with Crippen LogP contribution in [0.25, 0.3) is 0 Å². The standard InChI is InChI=1S/C35H48N6O8S2/c1-24(42)33(39-35(45)40(2)20-28-23-50-32(37-28)22-49-3)34(44)38-30(17-25-9-5-4-6-10-25)31(43)21-41(19-27-11-7-8-12-27)51(47,48)29-15-13-26(14-16-29)18-36-46/h4-6,9-10,13-16,18,23-24,27,30-31,33,42-43,46H,7-8,11-12,17,19-22H2,1-3H3,(H,38,44)(H,39,45)/b36-18+/t24-,30+,31-,33+/m1/s1. The molecule has 0 unspecified atom stereocenters. The number of hydrogen-bond donors (Lipinski definition) is 5. The van der Waals surface area contributed by atoms with Gasteiger partial charge < -0.3 is 35.7 Å². The molecule has 51 heavy (non-hydrogen) atoms. The summed E-state index contributed by atoms with van der Waals surface area (Å²) in [5.41, 5.74) is 1.93. The molecule has 278 valence electrons. The van der Waals surface area contributed by atoms with Gasteiger partial charge in [0.1, 0.15) is 11.0 Å². The van der Waals surface area contributed by atoms with Crippen molar-refractivity contribution in [1.29, 1.82) is 0 Å². The smallest absolute Gasteiger partial charge is 0.318 e. The van der Waals surface area contributed by atoms with E-state index < -0.39 is 46.3 Å². The highest BCUT2D eigenvalue weighted by atomic mass is 32.2. The van der Waals surface area contributed by atoms with Crippen LogP contribution in [0.5, 0.6) is 0 Å². The lowest BCUT2D eigenvalue weighted by molar-refractivity contribution is -0.127. The molecule has 3 amide bonds. The summed E-state index contributed by atoms with van der Waals surface area (Å²) in [4.78, 5) is 32.7. The van der Waals surface area contributed by atoms with Crippen LogP contribution in [-0.4, -0.2) is 108 Å². The fourth-order valence-corrected chi connectivity index (χ4v) is 8.32. The van der Waals surface area contributed by atoms with Crippen LogP contribution in [-0.2, 0) is 39.1 Å². The molecule has 0 saturated heterocycles. The van der Waals surface area contributed by atoms with E-state index in [2.05, 4.69) is 20.8 Å². The van der Waals surface area contributed by atoms with Crippen molar-refractivity contribution in [2.45, 2.75) is 81.4 Å². The van der Waals surface area contributed by atoms with Crippen molar-refractivity contribution in [2.75, 3.05) is 27.2 Å². The Morgan fingerprint density at radius 3 is 2.41 bits per heavy atom. The van der Waals surface area contributed by atoms with E-state index in [1.807, 2.05) is 35.7 Å². The van der Waals surface area contributed by atoms with Crippen molar-refractivity contribution < 1.29 is 38.2 Å². The van der Waals surface area contributed by atoms with E-state index in [1.54, 1.807) is 7.11 Å². The largest absolute Gasteiger partial charge is 0.411 e. The minimum Gasteiger partial charge on any atom is -0.411 e. The number of amides is 3. The van der Waals surface area contributed by atoms with E-state index in [0.717, 1.165) is 36.3 Å². The molecule has 14 nitrogen and oxygen atoms in total. The molecule has 4 atom stereocenters. The maximum Gasteiger partial charge on any atom is 0.318 e. The quantitative estimate of drug-likeness (QED) is 0.0740. The van der Waals surface area contributed by atoms with Gasteiger partial charge in [0.25, 0.3) is 0 Å². The number of ether oxygens (including phenoxy) is 1. The number of rotatable bonds is 18. The number of benzene rings is 2. The van der Waals surface area contributed by atoms with Gasteiger partial charge in [-0.15, -0.1) is 11.3 Å². The zero-order valence-electron chi connectivity index (χ0n) is 29.1. The van der Waals surface area contributed by atoms with Crippen LogP contribution < -0.4 is 10.6 Å². The number of carbonyl (C=O) groups is 2. The molecule has 5 N–H and O–H groups in total. The first-order valence-electron chi connectivity index (χ1n) is 16.8. The number of urea groups is 1. The molecule has 0 spiro atoms. The maximum atomic E-state index is 14.0. The van der Waals surface area contributed by atoms with Gasteiger partial charge in [0.2, 0.25) is 15.9 Å². The van der Waals surface area contributed by atoms with Gasteiger partial charge >= 0.3 is 6.03 Å². The predicted molar refractivity (Wildman–Crippen MR) is 193 cm³/mol. The van der Waals surface area contributed by atoms with Crippen molar-refractivity contribution in [2.24, 2.45) is 11.1 Å².